The molecule has 0 fully saturated rings. The summed E-state index contributed by atoms with van der Waals surface area (Å²) in [5.41, 5.74) is 5.71. The largest absolute Gasteiger partial charge is 0.327 e. The zero-order chi connectivity index (χ0) is 12.8. The number of hydrogen-bond acceptors (Lipinski definition) is 4. The van der Waals surface area contributed by atoms with Crippen LogP contribution in [0.2, 0.25) is 0 Å². The summed E-state index contributed by atoms with van der Waals surface area (Å²) in [5.74, 6) is -0.104. The van der Waals surface area contributed by atoms with Gasteiger partial charge in [0.2, 0.25) is 0 Å². The molecule has 0 amide bonds. The molecule has 0 saturated carbocycles. The molecule has 0 heterocycles. The number of rotatable bonds is 8. The molecule has 1 atom stereocenters. The Bertz CT molecular complexity index is 309. The SMILES string of the molecule is CCCC(N)CC(=O)CCS(=O)(=O)C(C)C. The van der Waals surface area contributed by atoms with E-state index in [1.807, 2.05) is 6.92 Å². The van der Waals surface area contributed by atoms with Gasteiger partial charge in [-0.25, -0.2) is 8.42 Å². The lowest BCUT2D eigenvalue weighted by Crippen LogP contribution is -2.25. The minimum Gasteiger partial charge on any atom is -0.327 e. The normalized spacial score (nSPS) is 14.1. The second-order valence-corrected chi connectivity index (χ2v) is 7.13. The fourth-order valence-electron chi connectivity index (χ4n) is 1.36. The van der Waals surface area contributed by atoms with E-state index in [-0.39, 0.29) is 24.0 Å². The molecule has 1 unspecified atom stereocenters. The fraction of sp³-hybridized carbons (Fsp3) is 0.909. The maximum atomic E-state index is 11.5. The van der Waals surface area contributed by atoms with Crippen molar-refractivity contribution in [1.29, 1.82) is 0 Å². The van der Waals surface area contributed by atoms with Gasteiger partial charge in [0, 0.05) is 18.9 Å². The summed E-state index contributed by atoms with van der Waals surface area (Å²) in [7, 11) is -3.10. The Balaban J connectivity index is 4.00. The maximum Gasteiger partial charge on any atom is 0.153 e. The Hall–Kier alpha value is -0.420. The standard InChI is InChI=1S/C11H23NO3S/c1-4-5-10(12)8-11(13)6-7-16(14,15)9(2)3/h9-10H,4-8,12H2,1-3H3. The molecule has 0 rings (SSSR count). The van der Waals surface area contributed by atoms with Crippen molar-refractivity contribution in [2.24, 2.45) is 5.73 Å². The van der Waals surface area contributed by atoms with Gasteiger partial charge in [0.25, 0.3) is 0 Å². The van der Waals surface area contributed by atoms with Crippen LogP contribution in [0.15, 0.2) is 0 Å². The first kappa shape index (κ1) is 15.6. The van der Waals surface area contributed by atoms with E-state index >= 15 is 0 Å². The molecular weight excluding hydrogens is 226 g/mol. The second kappa shape index (κ2) is 7.01. The highest BCUT2D eigenvalue weighted by Crippen LogP contribution is 2.06. The summed E-state index contributed by atoms with van der Waals surface area (Å²) in [6.07, 6.45) is 2.14. The van der Waals surface area contributed by atoms with Gasteiger partial charge < -0.3 is 5.73 Å². The van der Waals surface area contributed by atoms with Gasteiger partial charge in [-0.1, -0.05) is 13.3 Å². The van der Waals surface area contributed by atoms with E-state index in [1.54, 1.807) is 13.8 Å². The molecule has 0 radical (unpaired) electrons. The van der Waals surface area contributed by atoms with Crippen LogP contribution in [0.4, 0.5) is 0 Å². The maximum absolute atomic E-state index is 11.5. The smallest absolute Gasteiger partial charge is 0.153 e. The topological polar surface area (TPSA) is 77.2 Å². The van der Waals surface area contributed by atoms with Crippen LogP contribution >= 0.6 is 0 Å². The molecule has 0 aliphatic carbocycles. The van der Waals surface area contributed by atoms with Crippen molar-refractivity contribution in [3.8, 4) is 0 Å². The van der Waals surface area contributed by atoms with E-state index in [2.05, 4.69) is 0 Å². The predicted octanol–water partition coefficient (Wildman–Crippen LogP) is 1.29. The Morgan fingerprint density at radius 3 is 2.31 bits per heavy atom. The first-order valence-electron chi connectivity index (χ1n) is 5.78. The van der Waals surface area contributed by atoms with Crippen molar-refractivity contribution >= 4 is 15.6 Å². The fourth-order valence-corrected chi connectivity index (χ4v) is 2.34. The third-order valence-corrected chi connectivity index (χ3v) is 4.74. The van der Waals surface area contributed by atoms with Gasteiger partial charge in [0.05, 0.1) is 11.0 Å². The van der Waals surface area contributed by atoms with Crippen LogP contribution in [0, 0.1) is 0 Å². The molecular formula is C11H23NO3S. The zero-order valence-electron chi connectivity index (χ0n) is 10.4. The molecule has 0 aliphatic rings. The van der Waals surface area contributed by atoms with Gasteiger partial charge >= 0.3 is 0 Å². The highest BCUT2D eigenvalue weighted by molar-refractivity contribution is 7.91. The number of carbonyl (C=O) groups excluding carboxylic acids is 1. The number of sulfone groups is 1. The van der Waals surface area contributed by atoms with Gasteiger partial charge in [0.1, 0.15) is 5.78 Å². The van der Waals surface area contributed by atoms with Crippen molar-refractivity contribution in [3.63, 3.8) is 0 Å². The first-order chi connectivity index (χ1) is 7.29. The third-order valence-electron chi connectivity index (χ3n) is 2.53. The molecule has 0 saturated heterocycles. The number of ketones is 1. The van der Waals surface area contributed by atoms with Crippen molar-refractivity contribution in [3.05, 3.63) is 0 Å². The monoisotopic (exact) mass is 249 g/mol. The van der Waals surface area contributed by atoms with Gasteiger partial charge in [-0.05, 0) is 20.3 Å². The average Bonchev–Trinajstić information content (AvgIpc) is 2.15. The highest BCUT2D eigenvalue weighted by atomic mass is 32.2. The third kappa shape index (κ3) is 6.23. The van der Waals surface area contributed by atoms with Crippen LogP contribution in [0.1, 0.15) is 46.5 Å². The van der Waals surface area contributed by atoms with Crippen LogP contribution in [-0.4, -0.2) is 31.2 Å². The molecule has 2 N–H and O–H groups in total. The van der Waals surface area contributed by atoms with E-state index in [4.69, 9.17) is 5.73 Å². The molecule has 4 nitrogen and oxygen atoms in total. The Morgan fingerprint density at radius 2 is 1.88 bits per heavy atom. The number of Topliss-reactive ketones (excluding diaryl/α,β-unsaturated/α-hetero) is 1. The molecule has 0 aliphatic heterocycles. The average molecular weight is 249 g/mol. The Labute approximate surface area is 98.5 Å². The van der Waals surface area contributed by atoms with Crippen LogP contribution in [-0.2, 0) is 14.6 Å². The van der Waals surface area contributed by atoms with E-state index < -0.39 is 15.1 Å². The van der Waals surface area contributed by atoms with E-state index in [0.717, 1.165) is 12.8 Å². The van der Waals surface area contributed by atoms with E-state index in [1.165, 1.54) is 0 Å². The molecule has 0 bridgehead atoms. The Morgan fingerprint density at radius 1 is 1.31 bits per heavy atom. The van der Waals surface area contributed by atoms with Gasteiger partial charge in [0.15, 0.2) is 9.84 Å². The van der Waals surface area contributed by atoms with Crippen molar-refractivity contribution in [1.82, 2.24) is 0 Å². The summed E-state index contributed by atoms with van der Waals surface area (Å²) in [4.78, 5) is 11.5. The van der Waals surface area contributed by atoms with Crippen LogP contribution < -0.4 is 5.73 Å². The first-order valence-corrected chi connectivity index (χ1v) is 7.50. The van der Waals surface area contributed by atoms with E-state index in [9.17, 15) is 13.2 Å². The summed E-state index contributed by atoms with van der Waals surface area (Å²) >= 11 is 0. The number of hydrogen-bond donors (Lipinski definition) is 1. The van der Waals surface area contributed by atoms with Gasteiger partial charge in [-0.2, -0.15) is 0 Å². The lowest BCUT2D eigenvalue weighted by Gasteiger charge is -2.10. The minimum atomic E-state index is -3.10. The lowest BCUT2D eigenvalue weighted by atomic mass is 10.1. The van der Waals surface area contributed by atoms with Crippen LogP contribution in [0.5, 0.6) is 0 Å². The summed E-state index contributed by atoms with van der Waals surface area (Å²) in [6.45, 7) is 5.26. The summed E-state index contributed by atoms with van der Waals surface area (Å²) in [6, 6.07) is -0.126. The van der Waals surface area contributed by atoms with Crippen molar-refractivity contribution < 1.29 is 13.2 Å². The van der Waals surface area contributed by atoms with E-state index in [0.29, 0.717) is 6.42 Å². The molecule has 16 heavy (non-hydrogen) atoms. The Kier molecular flexibility index (Phi) is 6.83. The summed E-state index contributed by atoms with van der Waals surface area (Å²) in [5, 5.41) is -0.412. The van der Waals surface area contributed by atoms with Crippen molar-refractivity contribution in [2.75, 3.05) is 5.75 Å². The lowest BCUT2D eigenvalue weighted by molar-refractivity contribution is -0.119. The van der Waals surface area contributed by atoms with Crippen LogP contribution in [0.3, 0.4) is 0 Å². The summed E-state index contributed by atoms with van der Waals surface area (Å²) < 4.78 is 22.9. The second-order valence-electron chi connectivity index (χ2n) is 4.46. The van der Waals surface area contributed by atoms with Gasteiger partial charge in [-0.3, -0.25) is 4.79 Å². The number of carbonyl (C=O) groups is 1. The predicted molar refractivity (Wildman–Crippen MR) is 66.0 cm³/mol. The quantitative estimate of drug-likeness (QED) is 0.703. The van der Waals surface area contributed by atoms with Gasteiger partial charge in [-0.15, -0.1) is 0 Å². The van der Waals surface area contributed by atoms with Crippen LogP contribution in [0.25, 0.3) is 0 Å². The molecule has 96 valence electrons. The molecule has 0 aromatic heterocycles. The molecule has 5 heteroatoms. The number of nitrogens with two attached hydrogens (primary N) is 1. The molecule has 0 spiro atoms. The molecule has 0 aromatic carbocycles. The highest BCUT2D eigenvalue weighted by Gasteiger charge is 2.18. The minimum absolute atomic E-state index is 0.0508. The molecule has 0 aromatic rings. The van der Waals surface area contributed by atoms with Crippen molar-refractivity contribution in [2.45, 2.75) is 57.7 Å². The zero-order valence-corrected chi connectivity index (χ0v) is 11.2.